The standard InChI is InChI=1S/C16H23N3O/c1-13(16(17)18-2)7-6-12-19-14-8-4-10-15(20-3)11-5-9-14/h4,6-7,9-12,19H,5,8H2,1-3H3,(H2,17,18)/b10-4?,12-6+,13-7-,14-9+,15-11+. The molecule has 0 heterocycles. The molecule has 3 N–H and O–H groups in total. The van der Waals surface area contributed by atoms with Gasteiger partial charge in [0.05, 0.1) is 7.11 Å². The summed E-state index contributed by atoms with van der Waals surface area (Å²) in [5, 5.41) is 3.27. The Morgan fingerprint density at radius 3 is 2.95 bits per heavy atom. The van der Waals surface area contributed by atoms with Gasteiger partial charge < -0.3 is 15.8 Å². The fraction of sp³-hybridized carbons (Fsp3) is 0.312. The highest BCUT2D eigenvalue weighted by Crippen LogP contribution is 2.10. The number of aliphatic imine (C=N–C) groups is 1. The summed E-state index contributed by atoms with van der Waals surface area (Å²) in [5.74, 6) is 1.46. The van der Waals surface area contributed by atoms with Crippen molar-refractivity contribution < 1.29 is 4.74 Å². The molecule has 4 nitrogen and oxygen atoms in total. The molecule has 0 aromatic rings. The first-order valence-electron chi connectivity index (χ1n) is 6.59. The van der Waals surface area contributed by atoms with Crippen molar-refractivity contribution in [3.05, 3.63) is 59.7 Å². The molecule has 0 amide bonds. The Kier molecular flexibility index (Phi) is 6.96. The number of hydrogen-bond acceptors (Lipinski definition) is 3. The number of amidine groups is 1. The maximum absolute atomic E-state index is 5.69. The lowest BCUT2D eigenvalue weighted by atomic mass is 10.2. The van der Waals surface area contributed by atoms with E-state index < -0.39 is 0 Å². The molecular weight excluding hydrogens is 250 g/mol. The first kappa shape index (κ1) is 15.8. The van der Waals surface area contributed by atoms with Gasteiger partial charge in [-0.3, -0.25) is 4.99 Å². The first-order valence-corrected chi connectivity index (χ1v) is 6.59. The number of ether oxygens (including phenoxy) is 1. The molecular formula is C16H23N3O. The zero-order valence-corrected chi connectivity index (χ0v) is 12.4. The summed E-state index contributed by atoms with van der Waals surface area (Å²) >= 11 is 0. The second-order valence-corrected chi connectivity index (χ2v) is 4.34. The van der Waals surface area contributed by atoms with E-state index in [1.54, 1.807) is 14.2 Å². The van der Waals surface area contributed by atoms with E-state index in [2.05, 4.69) is 22.5 Å². The Labute approximate surface area is 121 Å². The highest BCUT2D eigenvalue weighted by molar-refractivity contribution is 5.96. The van der Waals surface area contributed by atoms with Crippen LogP contribution < -0.4 is 11.1 Å². The van der Waals surface area contributed by atoms with Crippen molar-refractivity contribution >= 4 is 5.84 Å². The Morgan fingerprint density at radius 2 is 2.25 bits per heavy atom. The first-order chi connectivity index (χ1) is 9.67. The fourth-order valence-corrected chi connectivity index (χ4v) is 1.65. The van der Waals surface area contributed by atoms with Crippen LogP contribution in [0, 0.1) is 0 Å². The van der Waals surface area contributed by atoms with E-state index >= 15 is 0 Å². The zero-order valence-electron chi connectivity index (χ0n) is 12.4. The van der Waals surface area contributed by atoms with Crippen LogP contribution in [0.5, 0.6) is 0 Å². The lowest BCUT2D eigenvalue weighted by molar-refractivity contribution is 0.305. The van der Waals surface area contributed by atoms with E-state index in [1.165, 1.54) is 0 Å². The van der Waals surface area contributed by atoms with E-state index in [1.807, 2.05) is 37.4 Å². The number of allylic oxidation sites excluding steroid dienone is 6. The van der Waals surface area contributed by atoms with Crippen LogP contribution >= 0.6 is 0 Å². The van der Waals surface area contributed by atoms with Gasteiger partial charge in [0.15, 0.2) is 0 Å². The molecule has 0 radical (unpaired) electrons. The third-order valence-corrected chi connectivity index (χ3v) is 2.89. The molecule has 1 aliphatic carbocycles. The van der Waals surface area contributed by atoms with Gasteiger partial charge in [0.1, 0.15) is 11.6 Å². The van der Waals surface area contributed by atoms with E-state index in [4.69, 9.17) is 10.5 Å². The second-order valence-electron chi connectivity index (χ2n) is 4.34. The minimum atomic E-state index is 0.556. The molecule has 4 heteroatoms. The van der Waals surface area contributed by atoms with Gasteiger partial charge in [-0.05, 0) is 37.1 Å². The molecule has 0 unspecified atom stereocenters. The van der Waals surface area contributed by atoms with Crippen molar-refractivity contribution in [3.8, 4) is 0 Å². The van der Waals surface area contributed by atoms with Gasteiger partial charge in [-0.15, -0.1) is 0 Å². The van der Waals surface area contributed by atoms with Crippen LogP contribution in [-0.4, -0.2) is 20.0 Å². The van der Waals surface area contributed by atoms with Crippen molar-refractivity contribution in [2.45, 2.75) is 19.8 Å². The number of nitrogens with one attached hydrogen (secondary N) is 1. The normalized spacial score (nSPS) is 22.6. The molecule has 0 aromatic heterocycles. The molecule has 1 aliphatic rings. The summed E-state index contributed by atoms with van der Waals surface area (Å²) in [6, 6.07) is 0. The lowest BCUT2D eigenvalue weighted by Gasteiger charge is -2.07. The minimum absolute atomic E-state index is 0.556. The van der Waals surface area contributed by atoms with Gasteiger partial charge in [0.25, 0.3) is 0 Å². The summed E-state index contributed by atoms with van der Waals surface area (Å²) in [6.45, 7) is 1.93. The number of hydrogen-bond donors (Lipinski definition) is 2. The van der Waals surface area contributed by atoms with Crippen molar-refractivity contribution in [1.29, 1.82) is 0 Å². The zero-order chi connectivity index (χ0) is 14.8. The molecule has 0 atom stereocenters. The second kappa shape index (κ2) is 8.80. The Balaban J connectivity index is 2.54. The summed E-state index contributed by atoms with van der Waals surface area (Å²) in [7, 11) is 3.37. The predicted molar refractivity (Wildman–Crippen MR) is 85.1 cm³/mol. The maximum atomic E-state index is 5.69. The molecule has 0 saturated carbocycles. The Morgan fingerprint density at radius 1 is 1.45 bits per heavy atom. The topological polar surface area (TPSA) is 59.6 Å². The van der Waals surface area contributed by atoms with Gasteiger partial charge in [-0.25, -0.2) is 0 Å². The van der Waals surface area contributed by atoms with Crippen LogP contribution in [0.25, 0.3) is 0 Å². The van der Waals surface area contributed by atoms with Crippen LogP contribution in [0.15, 0.2) is 64.7 Å². The number of rotatable bonds is 5. The molecule has 0 aromatic carbocycles. The molecule has 20 heavy (non-hydrogen) atoms. The molecule has 0 spiro atoms. The van der Waals surface area contributed by atoms with E-state index in [0.717, 1.165) is 29.9 Å². The van der Waals surface area contributed by atoms with Crippen LogP contribution in [0.1, 0.15) is 19.8 Å². The SMILES string of the molecule is CN=C(N)/C(C)=C\C=C\N/C1=C/C/C=C(/OC)C=CC1. The summed E-state index contributed by atoms with van der Waals surface area (Å²) in [6.07, 6.45) is 15.7. The quantitative estimate of drug-likeness (QED) is 0.460. The maximum Gasteiger partial charge on any atom is 0.120 e. The highest BCUT2D eigenvalue weighted by atomic mass is 16.5. The summed E-state index contributed by atoms with van der Waals surface area (Å²) in [4.78, 5) is 3.93. The number of nitrogens with zero attached hydrogens (tertiary/aromatic N) is 1. The van der Waals surface area contributed by atoms with Gasteiger partial charge in [0, 0.05) is 25.4 Å². The minimum Gasteiger partial charge on any atom is -0.497 e. The Hall–Kier alpha value is -2.23. The smallest absolute Gasteiger partial charge is 0.120 e. The molecule has 0 aliphatic heterocycles. The van der Waals surface area contributed by atoms with E-state index in [-0.39, 0.29) is 0 Å². The summed E-state index contributed by atoms with van der Waals surface area (Å²) in [5.41, 5.74) is 7.80. The van der Waals surface area contributed by atoms with E-state index in [0.29, 0.717) is 5.84 Å². The molecule has 0 bridgehead atoms. The van der Waals surface area contributed by atoms with Crippen LogP contribution in [0.2, 0.25) is 0 Å². The van der Waals surface area contributed by atoms with Gasteiger partial charge in [0.2, 0.25) is 0 Å². The number of nitrogens with two attached hydrogens (primary N) is 1. The van der Waals surface area contributed by atoms with Crippen LogP contribution in [0.3, 0.4) is 0 Å². The third kappa shape index (κ3) is 5.61. The average molecular weight is 273 g/mol. The molecule has 0 fully saturated rings. The largest absolute Gasteiger partial charge is 0.497 e. The van der Waals surface area contributed by atoms with Crippen molar-refractivity contribution in [2.75, 3.05) is 14.2 Å². The van der Waals surface area contributed by atoms with Gasteiger partial charge >= 0.3 is 0 Å². The van der Waals surface area contributed by atoms with Crippen molar-refractivity contribution in [1.82, 2.24) is 5.32 Å². The highest BCUT2D eigenvalue weighted by Gasteiger charge is 1.96. The monoisotopic (exact) mass is 273 g/mol. The van der Waals surface area contributed by atoms with Crippen molar-refractivity contribution in [3.63, 3.8) is 0 Å². The molecule has 0 saturated heterocycles. The lowest BCUT2D eigenvalue weighted by Crippen LogP contribution is -2.12. The van der Waals surface area contributed by atoms with Crippen molar-refractivity contribution in [2.24, 2.45) is 10.7 Å². The third-order valence-electron chi connectivity index (χ3n) is 2.89. The van der Waals surface area contributed by atoms with Gasteiger partial charge in [-0.1, -0.05) is 18.2 Å². The Bertz CT molecular complexity index is 494. The fourth-order valence-electron chi connectivity index (χ4n) is 1.65. The van der Waals surface area contributed by atoms with Crippen LogP contribution in [-0.2, 0) is 4.74 Å². The van der Waals surface area contributed by atoms with E-state index in [9.17, 15) is 0 Å². The molecule has 1 rings (SSSR count). The molecule has 108 valence electrons. The van der Waals surface area contributed by atoms with Gasteiger partial charge in [-0.2, -0.15) is 0 Å². The average Bonchev–Trinajstić information content (AvgIpc) is 2.44. The summed E-state index contributed by atoms with van der Waals surface area (Å²) < 4.78 is 5.20. The van der Waals surface area contributed by atoms with Crippen LogP contribution in [0.4, 0.5) is 0 Å². The number of methoxy groups -OCH3 is 1. The predicted octanol–water partition coefficient (Wildman–Crippen LogP) is 2.79.